The van der Waals surface area contributed by atoms with Crippen LogP contribution in [-0.4, -0.2) is 11.1 Å². The van der Waals surface area contributed by atoms with Gasteiger partial charge in [0.1, 0.15) is 6.61 Å². The van der Waals surface area contributed by atoms with Crippen molar-refractivity contribution in [3.63, 3.8) is 0 Å². The first-order valence-electron chi connectivity index (χ1n) is 5.18. The highest BCUT2D eigenvalue weighted by atomic mass is 16.5. The summed E-state index contributed by atoms with van der Waals surface area (Å²) >= 11 is 0. The average molecular weight is 228 g/mol. The van der Waals surface area contributed by atoms with Crippen LogP contribution in [0.4, 0.5) is 4.79 Å². The molecule has 1 aromatic carbocycles. The zero-order chi connectivity index (χ0) is 12.1. The number of nitrogens with zero attached hydrogens (tertiary/aromatic N) is 1. The number of benzene rings is 1. The Morgan fingerprint density at radius 3 is 2.47 bits per heavy atom. The van der Waals surface area contributed by atoms with E-state index in [1.807, 2.05) is 42.5 Å². The van der Waals surface area contributed by atoms with Crippen LogP contribution in [0.1, 0.15) is 5.69 Å². The average Bonchev–Trinajstić information content (AvgIpc) is 2.38. The minimum atomic E-state index is -0.793. The van der Waals surface area contributed by atoms with Crippen molar-refractivity contribution in [1.29, 1.82) is 0 Å². The van der Waals surface area contributed by atoms with Gasteiger partial charge in [0.25, 0.3) is 0 Å². The van der Waals surface area contributed by atoms with Crippen LogP contribution in [0.3, 0.4) is 0 Å². The van der Waals surface area contributed by atoms with Crippen LogP contribution in [-0.2, 0) is 11.3 Å². The van der Waals surface area contributed by atoms with Gasteiger partial charge in [-0.3, -0.25) is 4.98 Å². The van der Waals surface area contributed by atoms with Crippen molar-refractivity contribution in [3.8, 4) is 11.1 Å². The van der Waals surface area contributed by atoms with E-state index in [0.29, 0.717) is 5.69 Å². The molecular formula is C13H12N2O2. The molecule has 0 saturated carbocycles. The molecular weight excluding hydrogens is 216 g/mol. The molecule has 4 nitrogen and oxygen atoms in total. The number of carbonyl (C=O) groups excluding carboxylic acids is 1. The Kier molecular flexibility index (Phi) is 3.35. The van der Waals surface area contributed by atoms with Crippen molar-refractivity contribution in [2.45, 2.75) is 6.61 Å². The van der Waals surface area contributed by atoms with Crippen LogP contribution in [0.5, 0.6) is 0 Å². The zero-order valence-electron chi connectivity index (χ0n) is 9.17. The van der Waals surface area contributed by atoms with E-state index >= 15 is 0 Å². The van der Waals surface area contributed by atoms with Gasteiger partial charge in [-0.05, 0) is 11.6 Å². The second kappa shape index (κ2) is 5.12. The minimum Gasteiger partial charge on any atom is -0.443 e. The van der Waals surface area contributed by atoms with Gasteiger partial charge in [0.15, 0.2) is 0 Å². The number of pyridine rings is 1. The van der Waals surface area contributed by atoms with Crippen molar-refractivity contribution >= 4 is 6.09 Å². The number of ether oxygens (including phenoxy) is 1. The fourth-order valence-corrected chi connectivity index (χ4v) is 1.46. The topological polar surface area (TPSA) is 65.2 Å². The Hall–Kier alpha value is -2.36. The maximum Gasteiger partial charge on any atom is 0.404 e. The Balaban J connectivity index is 2.11. The molecule has 0 aliphatic rings. The van der Waals surface area contributed by atoms with Gasteiger partial charge in [-0.15, -0.1) is 0 Å². The van der Waals surface area contributed by atoms with E-state index in [-0.39, 0.29) is 6.61 Å². The van der Waals surface area contributed by atoms with E-state index in [1.54, 1.807) is 6.20 Å². The highest BCUT2D eigenvalue weighted by Crippen LogP contribution is 2.17. The second-order valence-electron chi connectivity index (χ2n) is 3.51. The Morgan fingerprint density at radius 2 is 1.88 bits per heavy atom. The van der Waals surface area contributed by atoms with Crippen LogP contribution in [0, 0.1) is 0 Å². The molecule has 2 aromatic rings. The predicted molar refractivity (Wildman–Crippen MR) is 64.0 cm³/mol. The number of rotatable bonds is 3. The van der Waals surface area contributed by atoms with Gasteiger partial charge in [-0.25, -0.2) is 4.79 Å². The molecule has 2 N–H and O–H groups in total. The Bertz CT molecular complexity index is 495. The lowest BCUT2D eigenvalue weighted by Gasteiger charge is -2.03. The van der Waals surface area contributed by atoms with Gasteiger partial charge >= 0.3 is 6.09 Å². The lowest BCUT2D eigenvalue weighted by molar-refractivity contribution is 0.149. The maximum atomic E-state index is 10.4. The van der Waals surface area contributed by atoms with Crippen LogP contribution in [0.25, 0.3) is 11.1 Å². The summed E-state index contributed by atoms with van der Waals surface area (Å²) in [4.78, 5) is 14.6. The van der Waals surface area contributed by atoms with Crippen molar-refractivity contribution in [1.82, 2.24) is 4.98 Å². The summed E-state index contributed by atoms with van der Waals surface area (Å²) in [6.45, 7) is 0.102. The first-order chi connectivity index (χ1) is 8.25. The van der Waals surface area contributed by atoms with E-state index in [2.05, 4.69) is 9.72 Å². The molecule has 0 aliphatic heterocycles. The van der Waals surface area contributed by atoms with E-state index in [9.17, 15) is 4.79 Å². The van der Waals surface area contributed by atoms with Gasteiger partial charge in [-0.1, -0.05) is 36.4 Å². The molecule has 17 heavy (non-hydrogen) atoms. The Morgan fingerprint density at radius 1 is 1.12 bits per heavy atom. The SMILES string of the molecule is NC(=O)OCc1ccc(-c2ccccc2)cn1. The molecule has 0 bridgehead atoms. The zero-order valence-corrected chi connectivity index (χ0v) is 9.17. The lowest BCUT2D eigenvalue weighted by atomic mass is 10.1. The standard InChI is InChI=1S/C13H12N2O2/c14-13(16)17-9-12-7-6-11(8-15-12)10-4-2-1-3-5-10/h1-8H,9H2,(H2,14,16). The first kappa shape index (κ1) is 11.1. The largest absolute Gasteiger partial charge is 0.443 e. The number of amides is 1. The molecule has 0 aliphatic carbocycles. The van der Waals surface area contributed by atoms with Gasteiger partial charge < -0.3 is 10.5 Å². The van der Waals surface area contributed by atoms with Crippen LogP contribution < -0.4 is 5.73 Å². The summed E-state index contributed by atoms with van der Waals surface area (Å²) in [6.07, 6.45) is 0.952. The van der Waals surface area contributed by atoms with E-state index in [4.69, 9.17) is 5.73 Å². The summed E-state index contributed by atoms with van der Waals surface area (Å²) < 4.78 is 4.65. The van der Waals surface area contributed by atoms with Crippen molar-refractivity contribution in [3.05, 3.63) is 54.4 Å². The summed E-state index contributed by atoms with van der Waals surface area (Å²) in [5.74, 6) is 0. The fourth-order valence-electron chi connectivity index (χ4n) is 1.46. The van der Waals surface area contributed by atoms with E-state index < -0.39 is 6.09 Å². The molecule has 0 fully saturated rings. The molecule has 1 aromatic heterocycles. The smallest absolute Gasteiger partial charge is 0.404 e. The molecule has 1 amide bonds. The molecule has 0 saturated heterocycles. The molecule has 0 radical (unpaired) electrons. The third-order valence-corrected chi connectivity index (χ3v) is 2.29. The Labute approximate surface area is 99.1 Å². The highest BCUT2D eigenvalue weighted by Gasteiger charge is 2.00. The highest BCUT2D eigenvalue weighted by molar-refractivity contribution is 5.64. The summed E-state index contributed by atoms with van der Waals surface area (Å²) in [6, 6.07) is 13.7. The maximum absolute atomic E-state index is 10.4. The number of nitrogens with two attached hydrogens (primary N) is 1. The number of hydrogen-bond acceptors (Lipinski definition) is 3. The van der Waals surface area contributed by atoms with Gasteiger partial charge in [0.2, 0.25) is 0 Å². The van der Waals surface area contributed by atoms with Gasteiger partial charge in [0.05, 0.1) is 5.69 Å². The van der Waals surface area contributed by atoms with Gasteiger partial charge in [-0.2, -0.15) is 0 Å². The number of aromatic nitrogens is 1. The molecule has 1 heterocycles. The van der Waals surface area contributed by atoms with Crippen molar-refractivity contribution < 1.29 is 9.53 Å². The molecule has 2 rings (SSSR count). The van der Waals surface area contributed by atoms with Gasteiger partial charge in [0, 0.05) is 11.8 Å². The lowest BCUT2D eigenvalue weighted by Crippen LogP contribution is -2.13. The third kappa shape index (κ3) is 3.04. The first-order valence-corrected chi connectivity index (χ1v) is 5.18. The summed E-state index contributed by atoms with van der Waals surface area (Å²) in [7, 11) is 0. The quantitative estimate of drug-likeness (QED) is 0.876. The minimum absolute atomic E-state index is 0.102. The summed E-state index contributed by atoms with van der Waals surface area (Å²) in [5.41, 5.74) is 7.66. The number of hydrogen-bond donors (Lipinski definition) is 1. The predicted octanol–water partition coefficient (Wildman–Crippen LogP) is 2.34. The second-order valence-corrected chi connectivity index (χ2v) is 3.51. The molecule has 0 spiro atoms. The van der Waals surface area contributed by atoms with Crippen molar-refractivity contribution in [2.75, 3.05) is 0 Å². The fraction of sp³-hybridized carbons (Fsp3) is 0.0769. The van der Waals surface area contributed by atoms with Crippen LogP contribution in [0.2, 0.25) is 0 Å². The molecule has 86 valence electrons. The number of primary amides is 1. The monoisotopic (exact) mass is 228 g/mol. The molecule has 0 unspecified atom stereocenters. The van der Waals surface area contributed by atoms with Crippen LogP contribution >= 0.6 is 0 Å². The summed E-state index contributed by atoms with van der Waals surface area (Å²) in [5, 5.41) is 0. The van der Waals surface area contributed by atoms with E-state index in [0.717, 1.165) is 11.1 Å². The van der Waals surface area contributed by atoms with Crippen molar-refractivity contribution in [2.24, 2.45) is 5.73 Å². The molecule has 0 atom stereocenters. The normalized spacial score (nSPS) is 9.88. The molecule has 4 heteroatoms. The number of carbonyl (C=O) groups is 1. The third-order valence-electron chi connectivity index (χ3n) is 2.29. The van der Waals surface area contributed by atoms with Crippen LogP contribution in [0.15, 0.2) is 48.7 Å². The van der Waals surface area contributed by atoms with E-state index in [1.165, 1.54) is 0 Å².